The molecule has 0 saturated heterocycles. The van der Waals surface area contributed by atoms with Gasteiger partial charge < -0.3 is 10.2 Å². The van der Waals surface area contributed by atoms with Crippen LogP contribution in [0, 0.1) is 5.92 Å². The number of benzene rings is 2. The number of azo groups is 1. The van der Waals surface area contributed by atoms with E-state index in [1.54, 1.807) is 24.3 Å². The molecule has 1 amide bonds. The summed E-state index contributed by atoms with van der Waals surface area (Å²) >= 11 is 0. The van der Waals surface area contributed by atoms with Gasteiger partial charge in [0, 0.05) is 22.8 Å². The molecule has 3 rings (SSSR count). The fraction of sp³-hybridized carbons (Fsp3) is 0.312. The molecule has 1 fully saturated rings. The number of nitrogens with zero attached hydrogens (tertiary/aromatic N) is 2. The van der Waals surface area contributed by atoms with E-state index in [-0.39, 0.29) is 29.0 Å². The van der Waals surface area contributed by atoms with Crippen LogP contribution in [0.1, 0.15) is 25.7 Å². The summed E-state index contributed by atoms with van der Waals surface area (Å²) in [6.45, 7) is 0. The summed E-state index contributed by atoms with van der Waals surface area (Å²) in [5.41, 5.74) is 0.109. The number of hydrogen-bond acceptors (Lipinski definition) is 4. The normalized spacial score (nSPS) is 16.0. The summed E-state index contributed by atoms with van der Waals surface area (Å²) in [4.78, 5) is 11.9. The molecule has 21 heavy (non-hydrogen) atoms. The van der Waals surface area contributed by atoms with E-state index in [0.29, 0.717) is 10.8 Å². The zero-order valence-corrected chi connectivity index (χ0v) is 11.5. The fourth-order valence-electron chi connectivity index (χ4n) is 2.76. The summed E-state index contributed by atoms with van der Waals surface area (Å²) in [7, 11) is 0. The molecule has 0 spiro atoms. The lowest BCUT2D eigenvalue weighted by Crippen LogP contribution is -2.06. The first-order valence-electron chi connectivity index (χ1n) is 7.06. The van der Waals surface area contributed by atoms with Crippen LogP contribution in [0.15, 0.2) is 40.6 Å². The largest absolute Gasteiger partial charge is 0.507 e. The van der Waals surface area contributed by atoms with Crippen molar-refractivity contribution < 1.29 is 15.0 Å². The summed E-state index contributed by atoms with van der Waals surface area (Å²) in [6, 6.07) is 8.23. The van der Waals surface area contributed by atoms with Crippen molar-refractivity contribution in [2.75, 3.05) is 0 Å². The Morgan fingerprint density at radius 1 is 1.10 bits per heavy atom. The molecular weight excluding hydrogens is 268 g/mol. The van der Waals surface area contributed by atoms with Gasteiger partial charge in [0.15, 0.2) is 5.75 Å². The summed E-state index contributed by atoms with van der Waals surface area (Å²) in [5, 5.41) is 28.7. The Hall–Kier alpha value is -2.43. The molecule has 2 N–H and O–H groups in total. The second-order valence-electron chi connectivity index (χ2n) is 5.33. The van der Waals surface area contributed by atoms with E-state index in [2.05, 4.69) is 10.2 Å². The second kappa shape index (κ2) is 5.52. The summed E-state index contributed by atoms with van der Waals surface area (Å²) in [5.74, 6) is -0.374. The number of rotatable bonds is 2. The van der Waals surface area contributed by atoms with Crippen molar-refractivity contribution in [1.82, 2.24) is 0 Å². The van der Waals surface area contributed by atoms with Crippen molar-refractivity contribution in [3.63, 3.8) is 0 Å². The molecule has 2 aromatic rings. The van der Waals surface area contributed by atoms with Gasteiger partial charge in [-0.1, -0.05) is 37.1 Å². The Balaban J connectivity index is 1.93. The zero-order valence-electron chi connectivity index (χ0n) is 11.5. The van der Waals surface area contributed by atoms with E-state index in [4.69, 9.17) is 0 Å². The average molecular weight is 284 g/mol. The van der Waals surface area contributed by atoms with Crippen LogP contribution in [0.4, 0.5) is 5.69 Å². The van der Waals surface area contributed by atoms with Crippen LogP contribution in [-0.4, -0.2) is 16.1 Å². The number of aromatic hydroxyl groups is 2. The molecule has 0 heterocycles. The minimum atomic E-state index is -0.250. The minimum absolute atomic E-state index is 0.00525. The van der Waals surface area contributed by atoms with Crippen LogP contribution < -0.4 is 0 Å². The van der Waals surface area contributed by atoms with Crippen LogP contribution >= 0.6 is 0 Å². The first-order valence-corrected chi connectivity index (χ1v) is 7.06. The second-order valence-corrected chi connectivity index (χ2v) is 5.33. The first-order chi connectivity index (χ1) is 10.2. The Morgan fingerprint density at radius 2 is 1.76 bits per heavy atom. The zero-order chi connectivity index (χ0) is 14.8. The van der Waals surface area contributed by atoms with Crippen molar-refractivity contribution in [2.24, 2.45) is 16.1 Å². The topological polar surface area (TPSA) is 82.2 Å². The maximum absolute atomic E-state index is 11.9. The van der Waals surface area contributed by atoms with Crippen molar-refractivity contribution in [3.05, 3.63) is 30.3 Å². The SMILES string of the molecule is O=C(N=Nc1cc(O)c2ccccc2c1O)C1CCCC1. The number of phenols is 2. The van der Waals surface area contributed by atoms with Crippen molar-refractivity contribution in [1.29, 1.82) is 0 Å². The van der Waals surface area contributed by atoms with Crippen LogP contribution in [-0.2, 0) is 4.79 Å². The molecule has 108 valence electrons. The van der Waals surface area contributed by atoms with Crippen LogP contribution in [0.5, 0.6) is 11.5 Å². The number of amides is 1. The van der Waals surface area contributed by atoms with Gasteiger partial charge in [-0.15, -0.1) is 10.2 Å². The minimum Gasteiger partial charge on any atom is -0.507 e. The van der Waals surface area contributed by atoms with Crippen molar-refractivity contribution in [2.45, 2.75) is 25.7 Å². The van der Waals surface area contributed by atoms with E-state index in [9.17, 15) is 15.0 Å². The van der Waals surface area contributed by atoms with Gasteiger partial charge in [0.05, 0.1) is 0 Å². The highest BCUT2D eigenvalue weighted by atomic mass is 16.3. The Bertz CT molecular complexity index is 719. The van der Waals surface area contributed by atoms with E-state index in [1.807, 2.05) is 0 Å². The molecule has 1 aliphatic rings. The maximum Gasteiger partial charge on any atom is 0.267 e. The van der Waals surface area contributed by atoms with E-state index in [0.717, 1.165) is 25.7 Å². The van der Waals surface area contributed by atoms with Gasteiger partial charge >= 0.3 is 0 Å². The highest BCUT2D eigenvalue weighted by Gasteiger charge is 2.22. The monoisotopic (exact) mass is 284 g/mol. The lowest BCUT2D eigenvalue weighted by Gasteiger charge is -2.06. The molecule has 0 atom stereocenters. The Kier molecular flexibility index (Phi) is 3.56. The Morgan fingerprint density at radius 3 is 2.48 bits per heavy atom. The number of fused-ring (bicyclic) bond motifs is 1. The van der Waals surface area contributed by atoms with E-state index >= 15 is 0 Å². The van der Waals surface area contributed by atoms with Gasteiger partial charge in [-0.3, -0.25) is 4.79 Å². The van der Waals surface area contributed by atoms with Crippen molar-refractivity contribution >= 4 is 22.4 Å². The molecule has 0 radical (unpaired) electrons. The van der Waals surface area contributed by atoms with Gasteiger partial charge in [-0.05, 0) is 12.8 Å². The third-order valence-electron chi connectivity index (χ3n) is 3.93. The smallest absolute Gasteiger partial charge is 0.267 e. The van der Waals surface area contributed by atoms with Crippen molar-refractivity contribution in [3.8, 4) is 11.5 Å². The number of carbonyl (C=O) groups is 1. The molecule has 1 saturated carbocycles. The average Bonchev–Trinajstić information content (AvgIpc) is 3.03. The molecule has 0 unspecified atom stereocenters. The molecular formula is C16H16N2O3. The van der Waals surface area contributed by atoms with Crippen LogP contribution in [0.3, 0.4) is 0 Å². The van der Waals surface area contributed by atoms with Gasteiger partial charge in [0.2, 0.25) is 0 Å². The van der Waals surface area contributed by atoms with Gasteiger partial charge in [0.25, 0.3) is 5.91 Å². The Labute approximate surface area is 121 Å². The number of hydrogen-bond donors (Lipinski definition) is 2. The van der Waals surface area contributed by atoms with Crippen LogP contribution in [0.2, 0.25) is 0 Å². The number of carbonyl (C=O) groups excluding carboxylic acids is 1. The number of phenolic OH excluding ortho intramolecular Hbond substituents is 2. The molecule has 5 heteroatoms. The third-order valence-corrected chi connectivity index (χ3v) is 3.93. The van der Waals surface area contributed by atoms with E-state index in [1.165, 1.54) is 6.07 Å². The molecule has 2 aromatic carbocycles. The highest BCUT2D eigenvalue weighted by molar-refractivity contribution is 5.96. The van der Waals surface area contributed by atoms with Gasteiger partial charge in [-0.2, -0.15) is 0 Å². The molecule has 0 bridgehead atoms. The predicted molar refractivity (Wildman–Crippen MR) is 78.8 cm³/mol. The molecule has 0 aliphatic heterocycles. The summed E-state index contributed by atoms with van der Waals surface area (Å²) < 4.78 is 0. The summed E-state index contributed by atoms with van der Waals surface area (Å²) in [6.07, 6.45) is 3.81. The first kappa shape index (κ1) is 13.5. The van der Waals surface area contributed by atoms with Gasteiger partial charge in [-0.25, -0.2) is 0 Å². The van der Waals surface area contributed by atoms with Gasteiger partial charge in [0.1, 0.15) is 11.4 Å². The standard InChI is InChI=1S/C16H16N2O3/c19-14-9-13(15(20)12-8-4-3-7-11(12)14)17-18-16(21)10-5-1-2-6-10/h3-4,7-10,19-20H,1-2,5-6H2. The third kappa shape index (κ3) is 2.59. The predicted octanol–water partition coefficient (Wildman–Crippen LogP) is 4.05. The quantitative estimate of drug-likeness (QED) is 0.644. The van der Waals surface area contributed by atoms with E-state index < -0.39 is 0 Å². The molecule has 0 aromatic heterocycles. The highest BCUT2D eigenvalue weighted by Crippen LogP contribution is 2.40. The lowest BCUT2D eigenvalue weighted by atomic mass is 10.1. The lowest BCUT2D eigenvalue weighted by molar-refractivity contribution is -0.121. The molecule has 5 nitrogen and oxygen atoms in total. The molecule has 1 aliphatic carbocycles. The van der Waals surface area contributed by atoms with Crippen LogP contribution in [0.25, 0.3) is 10.8 Å². The fourth-order valence-corrected chi connectivity index (χ4v) is 2.76. The maximum atomic E-state index is 11.9.